The highest BCUT2D eigenvalue weighted by Crippen LogP contribution is 2.41. The third-order valence-corrected chi connectivity index (χ3v) is 6.70. The quantitative estimate of drug-likeness (QED) is 0.269. The van der Waals surface area contributed by atoms with Crippen molar-refractivity contribution in [2.75, 3.05) is 18.5 Å². The SMILES string of the molecule is CCNC(=O)Nc1ncnc2c1ncn2C1OC(COc2ncccc2C(=O)O)[C@@H]2O[C@H](/C=C/c3ccccc3)OC12. The molecule has 0 aliphatic carbocycles. The average Bonchev–Trinajstić information content (AvgIpc) is 3.70. The fourth-order valence-electron chi connectivity index (χ4n) is 4.83. The van der Waals surface area contributed by atoms with Crippen LogP contribution in [0, 0.1) is 0 Å². The molecule has 4 aromatic rings. The zero-order valence-electron chi connectivity index (χ0n) is 22.4. The predicted octanol–water partition coefficient (Wildman–Crippen LogP) is 2.86. The van der Waals surface area contributed by atoms with Crippen LogP contribution in [-0.4, -0.2) is 79.4 Å². The molecule has 5 atom stereocenters. The largest absolute Gasteiger partial charge is 0.477 e. The first-order valence-corrected chi connectivity index (χ1v) is 13.2. The normalized spacial score (nSPS) is 23.2. The number of carbonyl (C=O) groups excluding carboxylic acids is 1. The Bertz CT molecular complexity index is 1610. The Kier molecular flexibility index (Phi) is 7.72. The number of pyridine rings is 1. The molecule has 6 rings (SSSR count). The highest BCUT2D eigenvalue weighted by molar-refractivity contribution is 5.95. The van der Waals surface area contributed by atoms with E-state index in [1.165, 1.54) is 31.0 Å². The second-order valence-electron chi connectivity index (χ2n) is 9.41. The van der Waals surface area contributed by atoms with Crippen molar-refractivity contribution in [1.29, 1.82) is 0 Å². The van der Waals surface area contributed by atoms with E-state index in [0.717, 1.165) is 5.56 Å². The van der Waals surface area contributed by atoms with Crippen LogP contribution in [-0.2, 0) is 14.2 Å². The molecule has 3 unspecified atom stereocenters. The predicted molar refractivity (Wildman–Crippen MR) is 148 cm³/mol. The third kappa shape index (κ3) is 5.50. The lowest BCUT2D eigenvalue weighted by atomic mass is 10.1. The molecule has 0 radical (unpaired) electrons. The Labute approximate surface area is 239 Å². The van der Waals surface area contributed by atoms with Crippen molar-refractivity contribution in [2.24, 2.45) is 0 Å². The van der Waals surface area contributed by atoms with Crippen molar-refractivity contribution in [3.63, 3.8) is 0 Å². The molecule has 2 fully saturated rings. The summed E-state index contributed by atoms with van der Waals surface area (Å²) in [5, 5.41) is 14.8. The Hall–Kier alpha value is -4.92. The fourth-order valence-corrected chi connectivity index (χ4v) is 4.83. The minimum absolute atomic E-state index is 0.0325. The molecule has 2 amide bonds. The number of nitrogens with one attached hydrogen (secondary N) is 2. The summed E-state index contributed by atoms with van der Waals surface area (Å²) >= 11 is 0. The first-order chi connectivity index (χ1) is 20.5. The number of imidazole rings is 1. The molecule has 0 spiro atoms. The molecule has 5 heterocycles. The van der Waals surface area contributed by atoms with Gasteiger partial charge >= 0.3 is 12.0 Å². The van der Waals surface area contributed by atoms with Gasteiger partial charge in [0.1, 0.15) is 36.8 Å². The van der Waals surface area contributed by atoms with E-state index in [2.05, 4.69) is 30.6 Å². The van der Waals surface area contributed by atoms with E-state index in [0.29, 0.717) is 17.7 Å². The average molecular weight is 574 g/mol. The van der Waals surface area contributed by atoms with Crippen LogP contribution in [0.15, 0.2) is 67.4 Å². The van der Waals surface area contributed by atoms with E-state index in [-0.39, 0.29) is 23.9 Å². The molecule has 2 aliphatic rings. The number of fused-ring (bicyclic) bond motifs is 2. The maximum Gasteiger partial charge on any atom is 0.341 e. The van der Waals surface area contributed by atoms with Crippen LogP contribution in [0.4, 0.5) is 10.6 Å². The number of benzene rings is 1. The van der Waals surface area contributed by atoms with E-state index in [1.54, 1.807) is 11.5 Å². The van der Waals surface area contributed by atoms with E-state index in [9.17, 15) is 14.7 Å². The number of aromatic carboxylic acids is 1. The van der Waals surface area contributed by atoms with Crippen LogP contribution < -0.4 is 15.4 Å². The van der Waals surface area contributed by atoms with Crippen LogP contribution in [0.1, 0.15) is 29.1 Å². The van der Waals surface area contributed by atoms with Crippen molar-refractivity contribution in [3.05, 3.63) is 78.5 Å². The summed E-state index contributed by atoms with van der Waals surface area (Å²) in [5.41, 5.74) is 1.69. The number of carboxylic acids is 1. The van der Waals surface area contributed by atoms with Gasteiger partial charge in [-0.15, -0.1) is 0 Å². The number of hydrogen-bond donors (Lipinski definition) is 3. The summed E-state index contributed by atoms with van der Waals surface area (Å²) in [4.78, 5) is 40.8. The number of amides is 2. The number of ether oxygens (including phenoxy) is 4. The molecular weight excluding hydrogens is 546 g/mol. The molecule has 0 saturated carbocycles. The van der Waals surface area contributed by atoms with E-state index < -0.39 is 42.8 Å². The van der Waals surface area contributed by atoms with E-state index >= 15 is 0 Å². The number of nitrogens with zero attached hydrogens (tertiary/aromatic N) is 5. The lowest BCUT2D eigenvalue weighted by molar-refractivity contribution is -0.131. The van der Waals surface area contributed by atoms with Gasteiger partial charge in [0.25, 0.3) is 0 Å². The summed E-state index contributed by atoms with van der Waals surface area (Å²) in [6, 6.07) is 12.2. The maximum absolute atomic E-state index is 12.1. The number of carbonyl (C=O) groups is 2. The number of carboxylic acid groups (broad SMARTS) is 1. The second kappa shape index (κ2) is 11.9. The third-order valence-electron chi connectivity index (χ3n) is 6.70. The molecule has 0 bridgehead atoms. The number of urea groups is 1. The summed E-state index contributed by atoms with van der Waals surface area (Å²) in [5.74, 6) is -0.952. The summed E-state index contributed by atoms with van der Waals surface area (Å²) < 4.78 is 26.4. The van der Waals surface area contributed by atoms with Crippen molar-refractivity contribution >= 4 is 35.1 Å². The molecule has 3 aromatic heterocycles. The number of anilines is 1. The first kappa shape index (κ1) is 27.3. The van der Waals surface area contributed by atoms with Crippen LogP contribution in [0.3, 0.4) is 0 Å². The van der Waals surface area contributed by atoms with Gasteiger partial charge in [0.05, 0.1) is 6.33 Å². The summed E-state index contributed by atoms with van der Waals surface area (Å²) in [6.07, 6.45) is 4.76. The lowest BCUT2D eigenvalue weighted by Crippen LogP contribution is -2.33. The van der Waals surface area contributed by atoms with Crippen LogP contribution in [0.2, 0.25) is 0 Å². The summed E-state index contributed by atoms with van der Waals surface area (Å²) in [6.45, 7) is 2.19. The minimum atomic E-state index is -1.16. The maximum atomic E-state index is 12.1. The molecule has 14 nitrogen and oxygen atoms in total. The van der Waals surface area contributed by atoms with Gasteiger partial charge in [0.2, 0.25) is 5.88 Å². The smallest absolute Gasteiger partial charge is 0.341 e. The molecule has 3 N–H and O–H groups in total. The minimum Gasteiger partial charge on any atom is -0.477 e. The van der Waals surface area contributed by atoms with Gasteiger partial charge in [0, 0.05) is 12.7 Å². The van der Waals surface area contributed by atoms with Gasteiger partial charge < -0.3 is 29.4 Å². The molecule has 14 heteroatoms. The van der Waals surface area contributed by atoms with Gasteiger partial charge in [-0.05, 0) is 30.7 Å². The molecule has 42 heavy (non-hydrogen) atoms. The van der Waals surface area contributed by atoms with Crippen molar-refractivity contribution in [3.8, 4) is 5.88 Å². The Morgan fingerprint density at radius 1 is 1.05 bits per heavy atom. The van der Waals surface area contributed by atoms with E-state index in [1.807, 2.05) is 42.5 Å². The Morgan fingerprint density at radius 2 is 1.88 bits per heavy atom. The van der Waals surface area contributed by atoms with Gasteiger partial charge in [-0.1, -0.05) is 36.4 Å². The Balaban J connectivity index is 1.28. The zero-order chi connectivity index (χ0) is 29.1. The number of hydrogen-bond acceptors (Lipinski definition) is 10. The standard InChI is InChI=1S/C28H27N7O7/c1-2-29-28(38)34-23-20-24(32-14-31-23)35(15-33-20)26-22-21(41-19(42-22)11-10-16-7-4-3-5-8-16)18(40-26)13-39-25-17(27(36)37)9-6-12-30-25/h3-12,14-15,18-19,21-22,26H,2,13H2,1H3,(H,36,37)(H2,29,31,32,34,38)/b11-10+/t18?,19-,21-,22?,26?/m0/s1. The van der Waals surface area contributed by atoms with E-state index in [4.69, 9.17) is 18.9 Å². The highest BCUT2D eigenvalue weighted by Gasteiger charge is 2.53. The molecule has 216 valence electrons. The van der Waals surface area contributed by atoms with Gasteiger partial charge in [0.15, 0.2) is 29.5 Å². The van der Waals surface area contributed by atoms with Crippen molar-refractivity contribution in [1.82, 2.24) is 29.8 Å². The Morgan fingerprint density at radius 3 is 2.69 bits per heavy atom. The molecule has 1 aromatic carbocycles. The van der Waals surface area contributed by atoms with Crippen LogP contribution >= 0.6 is 0 Å². The van der Waals surface area contributed by atoms with Crippen molar-refractivity contribution < 1.29 is 33.6 Å². The van der Waals surface area contributed by atoms with Crippen molar-refractivity contribution in [2.45, 2.75) is 37.8 Å². The van der Waals surface area contributed by atoms with Crippen LogP contribution in [0.25, 0.3) is 17.2 Å². The van der Waals surface area contributed by atoms with Gasteiger partial charge in [-0.3, -0.25) is 9.88 Å². The molecule has 2 aliphatic heterocycles. The zero-order valence-corrected chi connectivity index (χ0v) is 22.4. The molecule has 2 saturated heterocycles. The summed E-state index contributed by atoms with van der Waals surface area (Å²) in [7, 11) is 0. The van der Waals surface area contributed by atoms with Gasteiger partial charge in [-0.2, -0.15) is 0 Å². The molecular formula is C28H27N7O7. The number of rotatable bonds is 9. The highest BCUT2D eigenvalue weighted by atomic mass is 16.8. The first-order valence-electron chi connectivity index (χ1n) is 13.2. The number of aromatic nitrogens is 5. The topological polar surface area (TPSA) is 172 Å². The second-order valence-corrected chi connectivity index (χ2v) is 9.41. The lowest BCUT2D eigenvalue weighted by Gasteiger charge is -2.20. The van der Waals surface area contributed by atoms with Gasteiger partial charge in [-0.25, -0.2) is 29.5 Å². The fraction of sp³-hybridized carbons (Fsp3) is 0.286. The van der Waals surface area contributed by atoms with Crippen LogP contribution in [0.5, 0.6) is 5.88 Å². The monoisotopic (exact) mass is 573 g/mol.